The molecule has 0 heterocycles. The summed E-state index contributed by atoms with van der Waals surface area (Å²) in [6, 6.07) is 24.1. The number of amides is 2. The predicted octanol–water partition coefficient (Wildman–Crippen LogP) is 4.87. The van der Waals surface area contributed by atoms with Crippen LogP contribution in [0.2, 0.25) is 0 Å². The molecule has 208 valence electrons. The van der Waals surface area contributed by atoms with Crippen molar-refractivity contribution in [3.63, 3.8) is 0 Å². The predicted molar refractivity (Wildman–Crippen MR) is 150 cm³/mol. The Bertz CT molecular complexity index is 1310. The van der Waals surface area contributed by atoms with Crippen LogP contribution in [0.4, 0.5) is 4.79 Å². The maximum atomic E-state index is 13.4. The van der Waals surface area contributed by atoms with E-state index in [-0.39, 0.29) is 19.1 Å². The smallest absolute Gasteiger partial charge is 0.407 e. The number of carbonyl (C=O) groups excluding carboxylic acids is 2. The number of fused-ring (bicyclic) bond motifs is 3. The molecule has 0 unspecified atom stereocenters. The molecule has 2 aliphatic rings. The maximum Gasteiger partial charge on any atom is 0.407 e. The molecule has 2 aliphatic carbocycles. The minimum atomic E-state index is -1.07. The SMILES string of the molecule is C[C@H](OCc1ccccc1)[C@@H](NC(=O)OCC1c2ccccc2-c2ccccc21)C(=O)N[C@@H]1CCC[C@@H]1C(=O)O. The number of alkyl carbamates (subject to hydrolysis) is 1. The molecule has 1 saturated carbocycles. The zero-order chi connectivity index (χ0) is 28.1. The van der Waals surface area contributed by atoms with Crippen molar-refractivity contribution in [3.05, 3.63) is 95.6 Å². The van der Waals surface area contributed by atoms with E-state index in [2.05, 4.69) is 22.8 Å². The summed E-state index contributed by atoms with van der Waals surface area (Å²) in [6.07, 6.45) is 0.348. The molecule has 4 atom stereocenters. The molecule has 0 saturated heterocycles. The van der Waals surface area contributed by atoms with E-state index < -0.39 is 42.1 Å². The third-order valence-corrected chi connectivity index (χ3v) is 7.89. The molecule has 3 N–H and O–H groups in total. The number of ether oxygens (including phenoxy) is 2. The molecule has 40 heavy (non-hydrogen) atoms. The van der Waals surface area contributed by atoms with Gasteiger partial charge >= 0.3 is 12.1 Å². The minimum Gasteiger partial charge on any atom is -0.481 e. The van der Waals surface area contributed by atoms with Crippen LogP contribution in [-0.2, 0) is 25.7 Å². The molecule has 1 fully saturated rings. The van der Waals surface area contributed by atoms with Crippen LogP contribution in [0.25, 0.3) is 11.1 Å². The van der Waals surface area contributed by atoms with Gasteiger partial charge in [-0.25, -0.2) is 4.79 Å². The van der Waals surface area contributed by atoms with E-state index in [1.54, 1.807) is 6.92 Å². The van der Waals surface area contributed by atoms with Crippen molar-refractivity contribution in [1.29, 1.82) is 0 Å². The van der Waals surface area contributed by atoms with Gasteiger partial charge in [-0.2, -0.15) is 0 Å². The molecule has 8 heteroatoms. The lowest BCUT2D eigenvalue weighted by Gasteiger charge is -2.27. The van der Waals surface area contributed by atoms with Crippen molar-refractivity contribution >= 4 is 18.0 Å². The monoisotopic (exact) mass is 542 g/mol. The lowest BCUT2D eigenvalue weighted by Crippen LogP contribution is -2.56. The fraction of sp³-hybridized carbons (Fsp3) is 0.344. The van der Waals surface area contributed by atoms with Gasteiger partial charge in [0, 0.05) is 12.0 Å². The van der Waals surface area contributed by atoms with Crippen LogP contribution in [-0.4, -0.2) is 47.9 Å². The molecule has 0 aromatic heterocycles. The second-order valence-electron chi connectivity index (χ2n) is 10.4. The lowest BCUT2D eigenvalue weighted by molar-refractivity contribution is -0.142. The highest BCUT2D eigenvalue weighted by atomic mass is 16.5. The Hall–Kier alpha value is -4.17. The van der Waals surface area contributed by atoms with Crippen molar-refractivity contribution in [3.8, 4) is 11.1 Å². The van der Waals surface area contributed by atoms with Crippen molar-refractivity contribution < 1.29 is 29.0 Å². The van der Waals surface area contributed by atoms with Gasteiger partial charge in [-0.3, -0.25) is 9.59 Å². The van der Waals surface area contributed by atoms with E-state index >= 15 is 0 Å². The van der Waals surface area contributed by atoms with Gasteiger partial charge in [0.25, 0.3) is 0 Å². The van der Waals surface area contributed by atoms with Crippen LogP contribution in [0.15, 0.2) is 78.9 Å². The van der Waals surface area contributed by atoms with Crippen LogP contribution in [0.5, 0.6) is 0 Å². The molecule has 0 aliphatic heterocycles. The van der Waals surface area contributed by atoms with Gasteiger partial charge in [0.1, 0.15) is 12.6 Å². The van der Waals surface area contributed by atoms with Gasteiger partial charge in [0.15, 0.2) is 0 Å². The molecular weight excluding hydrogens is 508 g/mol. The zero-order valence-electron chi connectivity index (χ0n) is 22.4. The molecule has 5 rings (SSSR count). The first-order valence-electron chi connectivity index (χ1n) is 13.7. The van der Waals surface area contributed by atoms with Gasteiger partial charge in [-0.15, -0.1) is 0 Å². The van der Waals surface area contributed by atoms with Gasteiger partial charge in [-0.05, 0) is 47.6 Å². The van der Waals surface area contributed by atoms with Crippen molar-refractivity contribution in [2.24, 2.45) is 5.92 Å². The van der Waals surface area contributed by atoms with Crippen LogP contribution >= 0.6 is 0 Å². The van der Waals surface area contributed by atoms with Crippen LogP contribution < -0.4 is 10.6 Å². The number of carboxylic acid groups (broad SMARTS) is 1. The average molecular weight is 543 g/mol. The van der Waals surface area contributed by atoms with E-state index in [0.29, 0.717) is 19.3 Å². The first kappa shape index (κ1) is 27.4. The van der Waals surface area contributed by atoms with Crippen LogP contribution in [0.3, 0.4) is 0 Å². The number of nitrogens with one attached hydrogen (secondary N) is 2. The molecule has 0 radical (unpaired) electrons. The first-order valence-corrected chi connectivity index (χ1v) is 13.7. The van der Waals surface area contributed by atoms with Gasteiger partial charge in [-0.1, -0.05) is 85.3 Å². The summed E-state index contributed by atoms with van der Waals surface area (Å²) in [6.45, 7) is 2.07. The van der Waals surface area contributed by atoms with E-state index in [9.17, 15) is 19.5 Å². The summed E-state index contributed by atoms with van der Waals surface area (Å²) in [7, 11) is 0. The van der Waals surface area contributed by atoms with E-state index in [0.717, 1.165) is 27.8 Å². The first-order chi connectivity index (χ1) is 19.4. The largest absolute Gasteiger partial charge is 0.481 e. The minimum absolute atomic E-state index is 0.108. The van der Waals surface area contributed by atoms with Gasteiger partial charge < -0.3 is 25.2 Å². The second-order valence-corrected chi connectivity index (χ2v) is 10.4. The van der Waals surface area contributed by atoms with Gasteiger partial charge in [0.2, 0.25) is 5.91 Å². The highest BCUT2D eigenvalue weighted by Crippen LogP contribution is 2.44. The Morgan fingerprint density at radius 2 is 1.52 bits per heavy atom. The number of carboxylic acids is 1. The second kappa shape index (κ2) is 12.3. The zero-order valence-corrected chi connectivity index (χ0v) is 22.4. The summed E-state index contributed by atoms with van der Waals surface area (Å²) >= 11 is 0. The third kappa shape index (κ3) is 6.02. The van der Waals surface area contributed by atoms with Crippen LogP contribution in [0, 0.1) is 5.92 Å². The van der Waals surface area contributed by atoms with Crippen molar-refractivity contribution in [2.45, 2.75) is 56.9 Å². The highest BCUT2D eigenvalue weighted by molar-refractivity contribution is 5.87. The Morgan fingerprint density at radius 1 is 0.900 bits per heavy atom. The number of rotatable bonds is 10. The van der Waals surface area contributed by atoms with Crippen molar-refractivity contribution in [1.82, 2.24) is 10.6 Å². The fourth-order valence-corrected chi connectivity index (χ4v) is 5.76. The van der Waals surface area contributed by atoms with Crippen LogP contribution in [0.1, 0.15) is 48.8 Å². The summed E-state index contributed by atoms with van der Waals surface area (Å²) in [5, 5.41) is 15.1. The Balaban J connectivity index is 1.27. The molecule has 3 aromatic carbocycles. The summed E-state index contributed by atoms with van der Waals surface area (Å²) in [5.41, 5.74) is 5.35. The Kier molecular flexibility index (Phi) is 8.45. The number of benzene rings is 3. The summed E-state index contributed by atoms with van der Waals surface area (Å²) < 4.78 is 11.7. The normalized spacial score (nSPS) is 19.2. The van der Waals surface area contributed by atoms with E-state index in [1.807, 2.05) is 66.7 Å². The molecular formula is C32H34N2O6. The van der Waals surface area contributed by atoms with Gasteiger partial charge in [0.05, 0.1) is 18.6 Å². The number of hydrogen-bond donors (Lipinski definition) is 3. The summed E-state index contributed by atoms with van der Waals surface area (Å²) in [4.78, 5) is 38.1. The fourth-order valence-electron chi connectivity index (χ4n) is 5.76. The highest BCUT2D eigenvalue weighted by Gasteiger charge is 2.37. The molecule has 0 bridgehead atoms. The Morgan fingerprint density at radius 3 is 2.17 bits per heavy atom. The quantitative estimate of drug-likeness (QED) is 0.337. The van der Waals surface area contributed by atoms with E-state index in [1.165, 1.54) is 0 Å². The number of hydrogen-bond acceptors (Lipinski definition) is 5. The number of aliphatic carboxylic acids is 1. The standard InChI is InChI=1S/C32H34N2O6/c1-20(39-18-21-10-3-2-4-11-21)29(30(35)33-28-17-9-16-26(28)31(36)37)34-32(38)40-19-27-24-14-7-5-12-22(24)23-13-6-8-15-25(23)27/h2-8,10-15,20,26-29H,9,16-19H2,1H3,(H,33,35)(H,34,38)(H,36,37)/t20-,26-,28+,29+/m0/s1. The topological polar surface area (TPSA) is 114 Å². The summed E-state index contributed by atoms with van der Waals surface area (Å²) in [5.74, 6) is -2.20. The molecule has 8 nitrogen and oxygen atoms in total. The average Bonchev–Trinajstić information content (AvgIpc) is 3.56. The number of carbonyl (C=O) groups is 3. The van der Waals surface area contributed by atoms with E-state index in [4.69, 9.17) is 9.47 Å². The third-order valence-electron chi connectivity index (χ3n) is 7.89. The van der Waals surface area contributed by atoms with Crippen molar-refractivity contribution in [2.75, 3.05) is 6.61 Å². The molecule has 0 spiro atoms. The Labute approximate surface area is 233 Å². The molecule has 2 amide bonds. The maximum absolute atomic E-state index is 13.4. The molecule has 3 aromatic rings. The lowest BCUT2D eigenvalue weighted by atomic mass is 9.98.